The van der Waals surface area contributed by atoms with Gasteiger partial charge in [-0.15, -0.1) is 0 Å². The Morgan fingerprint density at radius 1 is 1.15 bits per heavy atom. The van der Waals surface area contributed by atoms with Gasteiger partial charge in [0.2, 0.25) is 0 Å². The number of aryl methyl sites for hydroxylation is 2. The van der Waals surface area contributed by atoms with Gasteiger partial charge in [0.05, 0.1) is 5.56 Å². The summed E-state index contributed by atoms with van der Waals surface area (Å²) in [7, 11) is 1.84. The number of rotatable bonds is 2. The molecule has 0 aliphatic carbocycles. The van der Waals surface area contributed by atoms with E-state index in [9.17, 15) is 0 Å². The summed E-state index contributed by atoms with van der Waals surface area (Å²) in [4.78, 5) is 8.48. The summed E-state index contributed by atoms with van der Waals surface area (Å²) < 4.78 is 1.68. The molecule has 100 valence electrons. The fourth-order valence-corrected chi connectivity index (χ4v) is 2.26. The van der Waals surface area contributed by atoms with Crippen molar-refractivity contribution in [2.75, 3.05) is 5.73 Å². The van der Waals surface area contributed by atoms with E-state index in [2.05, 4.69) is 15.1 Å². The number of nitrogens with two attached hydrogens (primary N) is 1. The van der Waals surface area contributed by atoms with E-state index in [-0.39, 0.29) is 0 Å². The zero-order valence-electron chi connectivity index (χ0n) is 11.4. The van der Waals surface area contributed by atoms with Crippen LogP contribution in [0.2, 0.25) is 0 Å². The fourth-order valence-electron chi connectivity index (χ4n) is 2.26. The smallest absolute Gasteiger partial charge is 0.129 e. The van der Waals surface area contributed by atoms with Gasteiger partial charge in [-0.2, -0.15) is 5.10 Å². The number of aromatic nitrogens is 4. The van der Waals surface area contributed by atoms with E-state index in [4.69, 9.17) is 5.73 Å². The number of hydrogen-bond acceptors (Lipinski definition) is 4. The largest absolute Gasteiger partial charge is 0.383 e. The Bertz CT molecular complexity index is 746. The highest BCUT2D eigenvalue weighted by atomic mass is 15.3. The number of nitrogens with zero attached hydrogens (tertiary/aromatic N) is 4. The summed E-state index contributed by atoms with van der Waals surface area (Å²) in [6, 6.07) is 7.78. The number of hydrogen-bond donors (Lipinski definition) is 1. The van der Waals surface area contributed by atoms with Crippen molar-refractivity contribution in [2.24, 2.45) is 7.05 Å². The lowest BCUT2D eigenvalue weighted by molar-refractivity contribution is 0.782. The fraction of sp³-hybridized carbons (Fsp3) is 0.133. The summed E-state index contributed by atoms with van der Waals surface area (Å²) in [5.74, 6) is 0.622. The first kappa shape index (κ1) is 12.3. The first-order valence-electron chi connectivity index (χ1n) is 6.33. The van der Waals surface area contributed by atoms with Crippen molar-refractivity contribution in [3.8, 4) is 22.4 Å². The monoisotopic (exact) mass is 265 g/mol. The molecular weight excluding hydrogens is 250 g/mol. The molecule has 0 unspecified atom stereocenters. The Morgan fingerprint density at radius 2 is 1.95 bits per heavy atom. The highest BCUT2D eigenvalue weighted by molar-refractivity contribution is 5.88. The van der Waals surface area contributed by atoms with Crippen LogP contribution >= 0.6 is 0 Å². The van der Waals surface area contributed by atoms with Crippen LogP contribution in [0.15, 0.2) is 42.9 Å². The molecule has 20 heavy (non-hydrogen) atoms. The highest BCUT2D eigenvalue weighted by Crippen LogP contribution is 2.36. The maximum absolute atomic E-state index is 6.18. The zero-order valence-corrected chi connectivity index (χ0v) is 11.4. The molecule has 0 amide bonds. The standard InChI is InChI=1S/C15H15N5/c1-10-12(6-4-8-18-10)14-13(15(16)20(2)19-14)11-5-3-7-17-9-11/h3-9H,16H2,1-2H3. The number of nitrogen functional groups attached to an aromatic ring is 1. The minimum atomic E-state index is 0.622. The Balaban J connectivity index is 2.28. The van der Waals surface area contributed by atoms with E-state index in [0.717, 1.165) is 28.1 Å². The van der Waals surface area contributed by atoms with Gasteiger partial charge in [0.15, 0.2) is 0 Å². The molecule has 5 nitrogen and oxygen atoms in total. The van der Waals surface area contributed by atoms with Crippen LogP contribution in [0.25, 0.3) is 22.4 Å². The molecule has 0 aliphatic heterocycles. The van der Waals surface area contributed by atoms with E-state index in [1.54, 1.807) is 23.3 Å². The highest BCUT2D eigenvalue weighted by Gasteiger charge is 2.18. The first-order valence-corrected chi connectivity index (χ1v) is 6.33. The van der Waals surface area contributed by atoms with Crippen LogP contribution in [0.5, 0.6) is 0 Å². The summed E-state index contributed by atoms with van der Waals surface area (Å²) in [5, 5.41) is 4.54. The van der Waals surface area contributed by atoms with E-state index in [1.165, 1.54) is 0 Å². The summed E-state index contributed by atoms with van der Waals surface area (Å²) in [5.41, 5.74) is 10.8. The molecule has 2 N–H and O–H groups in total. The van der Waals surface area contributed by atoms with Gasteiger partial charge in [0.1, 0.15) is 11.5 Å². The van der Waals surface area contributed by atoms with Gasteiger partial charge in [-0.1, -0.05) is 6.07 Å². The molecule has 0 saturated carbocycles. The molecule has 3 rings (SSSR count). The molecule has 0 saturated heterocycles. The molecule has 3 aromatic heterocycles. The van der Waals surface area contributed by atoms with Gasteiger partial charge in [0.25, 0.3) is 0 Å². The van der Waals surface area contributed by atoms with Crippen molar-refractivity contribution in [1.82, 2.24) is 19.7 Å². The van der Waals surface area contributed by atoms with Crippen molar-refractivity contribution < 1.29 is 0 Å². The van der Waals surface area contributed by atoms with Gasteiger partial charge in [-0.05, 0) is 25.1 Å². The molecule has 3 aromatic rings. The maximum atomic E-state index is 6.18. The van der Waals surface area contributed by atoms with Gasteiger partial charge in [0, 0.05) is 42.5 Å². The number of anilines is 1. The molecule has 0 aromatic carbocycles. The molecular formula is C15H15N5. The quantitative estimate of drug-likeness (QED) is 0.772. The van der Waals surface area contributed by atoms with Crippen LogP contribution < -0.4 is 5.73 Å². The van der Waals surface area contributed by atoms with E-state index >= 15 is 0 Å². The number of pyridine rings is 2. The summed E-state index contributed by atoms with van der Waals surface area (Å²) >= 11 is 0. The van der Waals surface area contributed by atoms with Crippen LogP contribution in [-0.2, 0) is 7.05 Å². The van der Waals surface area contributed by atoms with Crippen molar-refractivity contribution in [3.05, 3.63) is 48.5 Å². The van der Waals surface area contributed by atoms with Gasteiger partial charge >= 0.3 is 0 Å². The molecule has 0 fully saturated rings. The zero-order chi connectivity index (χ0) is 14.1. The lowest BCUT2D eigenvalue weighted by atomic mass is 10.0. The predicted molar refractivity (Wildman–Crippen MR) is 78.8 cm³/mol. The van der Waals surface area contributed by atoms with Gasteiger partial charge in [-0.3, -0.25) is 14.6 Å². The van der Waals surface area contributed by atoms with Crippen molar-refractivity contribution in [2.45, 2.75) is 6.92 Å². The van der Waals surface area contributed by atoms with E-state index < -0.39 is 0 Å². The normalized spacial score (nSPS) is 10.7. The van der Waals surface area contributed by atoms with Crippen LogP contribution in [-0.4, -0.2) is 19.7 Å². The van der Waals surface area contributed by atoms with Crippen molar-refractivity contribution >= 4 is 5.82 Å². The van der Waals surface area contributed by atoms with Crippen LogP contribution in [0, 0.1) is 6.92 Å². The predicted octanol–water partition coefficient (Wildman–Crippen LogP) is 2.43. The average molecular weight is 265 g/mol. The van der Waals surface area contributed by atoms with E-state index in [0.29, 0.717) is 5.82 Å². The first-order chi connectivity index (χ1) is 9.68. The van der Waals surface area contributed by atoms with Crippen molar-refractivity contribution in [3.63, 3.8) is 0 Å². The van der Waals surface area contributed by atoms with Gasteiger partial charge in [-0.25, -0.2) is 0 Å². The minimum Gasteiger partial charge on any atom is -0.383 e. The third-order valence-electron chi connectivity index (χ3n) is 3.30. The second-order valence-corrected chi connectivity index (χ2v) is 4.61. The Kier molecular flexibility index (Phi) is 2.95. The minimum absolute atomic E-state index is 0.622. The Labute approximate surface area is 117 Å². The third-order valence-corrected chi connectivity index (χ3v) is 3.30. The van der Waals surface area contributed by atoms with E-state index in [1.807, 2.05) is 38.2 Å². The van der Waals surface area contributed by atoms with Crippen molar-refractivity contribution in [1.29, 1.82) is 0 Å². The third kappa shape index (κ3) is 1.93. The molecule has 0 radical (unpaired) electrons. The lowest BCUT2D eigenvalue weighted by Gasteiger charge is -2.05. The second kappa shape index (κ2) is 4.77. The molecule has 0 bridgehead atoms. The Hall–Kier alpha value is -2.69. The molecule has 0 spiro atoms. The SMILES string of the molecule is Cc1ncccc1-c1nn(C)c(N)c1-c1cccnc1. The summed E-state index contributed by atoms with van der Waals surface area (Å²) in [6.07, 6.45) is 5.31. The molecule has 5 heteroatoms. The summed E-state index contributed by atoms with van der Waals surface area (Å²) in [6.45, 7) is 1.97. The van der Waals surface area contributed by atoms with Crippen LogP contribution in [0.3, 0.4) is 0 Å². The van der Waals surface area contributed by atoms with Crippen LogP contribution in [0.1, 0.15) is 5.69 Å². The molecule has 3 heterocycles. The van der Waals surface area contributed by atoms with Gasteiger partial charge < -0.3 is 5.73 Å². The second-order valence-electron chi connectivity index (χ2n) is 4.61. The average Bonchev–Trinajstić information content (AvgIpc) is 2.76. The molecule has 0 aliphatic rings. The van der Waals surface area contributed by atoms with Crippen LogP contribution in [0.4, 0.5) is 5.82 Å². The topological polar surface area (TPSA) is 69.6 Å². The lowest BCUT2D eigenvalue weighted by Crippen LogP contribution is -1.98. The molecule has 0 atom stereocenters. The maximum Gasteiger partial charge on any atom is 0.129 e. The Morgan fingerprint density at radius 3 is 2.65 bits per heavy atom.